The van der Waals surface area contributed by atoms with Crippen molar-refractivity contribution in [3.8, 4) is 11.5 Å². The molecule has 0 radical (unpaired) electrons. The predicted molar refractivity (Wildman–Crippen MR) is 93.2 cm³/mol. The highest BCUT2D eigenvalue weighted by atomic mass is 16.5. The van der Waals surface area contributed by atoms with E-state index in [9.17, 15) is 9.59 Å². The minimum atomic E-state index is -0.946. The van der Waals surface area contributed by atoms with Gasteiger partial charge in [0.2, 0.25) is 0 Å². The van der Waals surface area contributed by atoms with Crippen molar-refractivity contribution in [2.75, 3.05) is 13.7 Å². The monoisotopic (exact) mass is 356 g/mol. The summed E-state index contributed by atoms with van der Waals surface area (Å²) in [6.07, 6.45) is 1.70. The van der Waals surface area contributed by atoms with Crippen LogP contribution in [0.15, 0.2) is 48.7 Å². The molecule has 3 rings (SSSR count). The van der Waals surface area contributed by atoms with Gasteiger partial charge in [0.25, 0.3) is 5.91 Å². The van der Waals surface area contributed by atoms with Crippen molar-refractivity contribution in [1.29, 1.82) is 0 Å². The van der Waals surface area contributed by atoms with E-state index in [-0.39, 0.29) is 24.1 Å². The van der Waals surface area contributed by atoms with E-state index in [1.165, 1.54) is 11.1 Å². The number of carbonyl (C=O) groups is 2. The smallest absolute Gasteiger partial charge is 0.305 e. The fraction of sp³-hybridized carbons (Fsp3) is 0.316. The molecule has 0 saturated carbocycles. The van der Waals surface area contributed by atoms with Crippen LogP contribution in [0.4, 0.5) is 0 Å². The van der Waals surface area contributed by atoms with Gasteiger partial charge >= 0.3 is 5.97 Å². The van der Waals surface area contributed by atoms with Gasteiger partial charge in [-0.25, -0.2) is 0 Å². The molecule has 2 heterocycles. The maximum atomic E-state index is 12.9. The second-order valence-corrected chi connectivity index (χ2v) is 6.09. The van der Waals surface area contributed by atoms with Crippen molar-refractivity contribution in [2.45, 2.75) is 25.0 Å². The van der Waals surface area contributed by atoms with E-state index in [1.54, 1.807) is 19.2 Å². The van der Waals surface area contributed by atoms with E-state index in [4.69, 9.17) is 14.6 Å². The molecule has 1 aromatic carbocycles. The average Bonchev–Trinajstić information content (AvgIpc) is 3.04. The average molecular weight is 356 g/mol. The Morgan fingerprint density at radius 2 is 2.00 bits per heavy atom. The molecule has 0 aliphatic carbocycles. The molecule has 1 fully saturated rings. The highest BCUT2D eigenvalue weighted by Gasteiger charge is 2.37. The number of nitrogens with zero attached hydrogens (tertiary/aromatic N) is 2. The maximum Gasteiger partial charge on any atom is 0.305 e. The van der Waals surface area contributed by atoms with Crippen LogP contribution in [-0.2, 0) is 9.53 Å². The number of carboxylic acids is 1. The predicted octanol–water partition coefficient (Wildman–Crippen LogP) is 2.58. The number of amides is 1. The number of para-hydroxylation sites is 1. The largest absolute Gasteiger partial charge is 0.481 e. The van der Waals surface area contributed by atoms with Crippen LogP contribution in [0.25, 0.3) is 0 Å². The molecule has 136 valence electrons. The Balaban J connectivity index is 1.78. The lowest BCUT2D eigenvalue weighted by Gasteiger charge is -2.22. The summed E-state index contributed by atoms with van der Waals surface area (Å²) in [4.78, 5) is 29.6. The van der Waals surface area contributed by atoms with E-state index < -0.39 is 12.0 Å². The zero-order valence-electron chi connectivity index (χ0n) is 14.4. The van der Waals surface area contributed by atoms with Crippen molar-refractivity contribution in [3.05, 3.63) is 54.4 Å². The molecule has 1 aliphatic rings. The van der Waals surface area contributed by atoms with Crippen LogP contribution in [0.2, 0.25) is 0 Å². The number of carboxylic acid groups (broad SMARTS) is 1. The third-order valence-electron chi connectivity index (χ3n) is 4.31. The lowest BCUT2D eigenvalue weighted by molar-refractivity contribution is -0.138. The number of aliphatic carboxylic acids is 1. The first-order chi connectivity index (χ1) is 12.6. The molecule has 2 unspecified atom stereocenters. The Morgan fingerprint density at radius 1 is 1.23 bits per heavy atom. The Labute approximate surface area is 151 Å². The van der Waals surface area contributed by atoms with Gasteiger partial charge in [-0.3, -0.25) is 14.6 Å². The number of likely N-dealkylation sites (tertiary alicyclic amines) is 1. The molecule has 1 aliphatic heterocycles. The molecule has 2 aromatic rings. The van der Waals surface area contributed by atoms with Crippen molar-refractivity contribution in [1.82, 2.24) is 9.88 Å². The van der Waals surface area contributed by atoms with Gasteiger partial charge in [0.1, 0.15) is 17.2 Å². The molecule has 1 aromatic heterocycles. The van der Waals surface area contributed by atoms with Crippen LogP contribution in [0.5, 0.6) is 11.5 Å². The topological polar surface area (TPSA) is 89.0 Å². The molecule has 1 N–H and O–H groups in total. The second-order valence-electron chi connectivity index (χ2n) is 6.09. The number of hydrogen-bond donors (Lipinski definition) is 1. The highest BCUT2D eigenvalue weighted by molar-refractivity contribution is 5.93. The van der Waals surface area contributed by atoms with Crippen LogP contribution < -0.4 is 4.74 Å². The molecule has 26 heavy (non-hydrogen) atoms. The zero-order valence-corrected chi connectivity index (χ0v) is 14.4. The Hall–Kier alpha value is -2.93. The van der Waals surface area contributed by atoms with Gasteiger partial charge in [0.15, 0.2) is 0 Å². The summed E-state index contributed by atoms with van der Waals surface area (Å²) in [7, 11) is 1.56. The van der Waals surface area contributed by atoms with E-state index >= 15 is 0 Å². The van der Waals surface area contributed by atoms with Gasteiger partial charge in [0, 0.05) is 32.0 Å². The first-order valence-corrected chi connectivity index (χ1v) is 8.31. The van der Waals surface area contributed by atoms with E-state index in [0.29, 0.717) is 24.5 Å². The number of aromatic nitrogens is 1. The molecular formula is C19H20N2O5. The molecule has 0 spiro atoms. The van der Waals surface area contributed by atoms with E-state index in [2.05, 4.69) is 4.98 Å². The number of pyridine rings is 1. The van der Waals surface area contributed by atoms with Gasteiger partial charge < -0.3 is 19.5 Å². The summed E-state index contributed by atoms with van der Waals surface area (Å²) in [5, 5.41) is 9.10. The Bertz CT molecular complexity index is 781. The van der Waals surface area contributed by atoms with Crippen molar-refractivity contribution >= 4 is 11.9 Å². The number of methoxy groups -OCH3 is 1. The Morgan fingerprint density at radius 3 is 2.69 bits per heavy atom. The number of ether oxygens (including phenoxy) is 2. The molecule has 0 bridgehead atoms. The summed E-state index contributed by atoms with van der Waals surface area (Å²) in [5.74, 6) is -0.124. The van der Waals surface area contributed by atoms with Crippen LogP contribution in [0.3, 0.4) is 0 Å². The quantitative estimate of drug-likeness (QED) is 0.856. The lowest BCUT2D eigenvalue weighted by atomic mass is 10.1. The number of benzene rings is 1. The summed E-state index contributed by atoms with van der Waals surface area (Å²) >= 11 is 0. The molecule has 2 atom stereocenters. The highest BCUT2D eigenvalue weighted by Crippen LogP contribution is 2.26. The molecular weight excluding hydrogens is 336 g/mol. The second kappa shape index (κ2) is 7.97. The summed E-state index contributed by atoms with van der Waals surface area (Å²) < 4.78 is 11.0. The van der Waals surface area contributed by atoms with Crippen molar-refractivity contribution in [2.24, 2.45) is 0 Å². The summed E-state index contributed by atoms with van der Waals surface area (Å²) in [6.45, 7) is 0.346. The third kappa shape index (κ3) is 4.18. The van der Waals surface area contributed by atoms with Gasteiger partial charge in [-0.2, -0.15) is 0 Å². The maximum absolute atomic E-state index is 12.9. The summed E-state index contributed by atoms with van der Waals surface area (Å²) in [6, 6.07) is 12.0. The number of carbonyl (C=O) groups excluding carboxylic acids is 1. The van der Waals surface area contributed by atoms with Gasteiger partial charge in [-0.1, -0.05) is 18.2 Å². The minimum absolute atomic E-state index is 0.119. The van der Waals surface area contributed by atoms with Crippen molar-refractivity contribution < 1.29 is 24.2 Å². The summed E-state index contributed by atoms with van der Waals surface area (Å²) in [5.41, 5.74) is 0.213. The number of rotatable bonds is 6. The van der Waals surface area contributed by atoms with Crippen molar-refractivity contribution in [3.63, 3.8) is 0 Å². The van der Waals surface area contributed by atoms with E-state index in [0.717, 1.165) is 0 Å². The minimum Gasteiger partial charge on any atom is -0.481 e. The first kappa shape index (κ1) is 17.9. The molecule has 1 amide bonds. The van der Waals surface area contributed by atoms with Gasteiger partial charge in [-0.15, -0.1) is 0 Å². The third-order valence-corrected chi connectivity index (χ3v) is 4.31. The van der Waals surface area contributed by atoms with Crippen LogP contribution in [-0.4, -0.2) is 52.7 Å². The molecule has 1 saturated heterocycles. The normalized spacial score (nSPS) is 19.3. The van der Waals surface area contributed by atoms with Gasteiger partial charge in [-0.05, 0) is 24.6 Å². The van der Waals surface area contributed by atoms with Gasteiger partial charge in [0.05, 0.1) is 12.5 Å². The van der Waals surface area contributed by atoms with Crippen LogP contribution in [0.1, 0.15) is 23.3 Å². The Kier molecular flexibility index (Phi) is 5.48. The lowest BCUT2D eigenvalue weighted by Crippen LogP contribution is -2.37. The fourth-order valence-electron chi connectivity index (χ4n) is 3.05. The van der Waals surface area contributed by atoms with E-state index in [1.807, 2.05) is 30.3 Å². The fourth-order valence-corrected chi connectivity index (χ4v) is 3.05. The van der Waals surface area contributed by atoms with Crippen LogP contribution >= 0.6 is 0 Å². The first-order valence-electron chi connectivity index (χ1n) is 8.31. The molecule has 7 nitrogen and oxygen atoms in total. The van der Waals surface area contributed by atoms with Crippen LogP contribution in [0, 0.1) is 0 Å². The zero-order chi connectivity index (χ0) is 18.5. The molecule has 7 heteroatoms. The standard InChI is InChI=1S/C19H20N2O5/c1-25-16-9-13(10-18(22)23)21(12-16)19(24)17-11-15(7-8-20-17)26-14-5-3-2-4-6-14/h2-8,11,13,16H,9-10,12H2,1H3,(H,22,23). The SMILES string of the molecule is COC1CC(CC(=O)O)N(C(=O)c2cc(Oc3ccccc3)ccn2)C1. The number of hydrogen-bond acceptors (Lipinski definition) is 5.